The first-order valence-electron chi connectivity index (χ1n) is 8.25. The third-order valence-electron chi connectivity index (χ3n) is 3.78. The summed E-state index contributed by atoms with van der Waals surface area (Å²) in [5, 5.41) is 5.82. The van der Waals surface area contributed by atoms with Crippen molar-refractivity contribution in [2.24, 2.45) is 0 Å². The van der Waals surface area contributed by atoms with Gasteiger partial charge in [0, 0.05) is 37.8 Å². The summed E-state index contributed by atoms with van der Waals surface area (Å²) in [6, 6.07) is 11.9. The molecule has 2 N–H and O–H groups in total. The van der Waals surface area contributed by atoms with E-state index in [9.17, 15) is 9.59 Å². The fourth-order valence-electron chi connectivity index (χ4n) is 2.48. The van der Waals surface area contributed by atoms with Crippen LogP contribution in [0.5, 0.6) is 11.5 Å². The fraction of sp³-hybridized carbons (Fsp3) is 0.263. The lowest BCUT2D eigenvalue weighted by Crippen LogP contribution is -2.39. The van der Waals surface area contributed by atoms with Crippen molar-refractivity contribution < 1.29 is 19.1 Å². The number of carbonyl (C=O) groups is 2. The number of benzene rings is 2. The molecule has 0 atom stereocenters. The number of nitrogens with zero attached hydrogens (tertiary/aromatic N) is 1. The highest BCUT2D eigenvalue weighted by molar-refractivity contribution is 6.32. The van der Waals surface area contributed by atoms with Crippen LogP contribution in [0.2, 0.25) is 5.02 Å². The SMILES string of the molecule is COc1cc(N(CCNC(=O)Nc2ccccc2)C(C)=O)c(OC)cc1Cl. The van der Waals surface area contributed by atoms with Gasteiger partial charge in [0.05, 0.1) is 24.9 Å². The first kappa shape index (κ1) is 20.4. The van der Waals surface area contributed by atoms with Crippen molar-refractivity contribution in [3.8, 4) is 11.5 Å². The minimum absolute atomic E-state index is 0.206. The zero-order chi connectivity index (χ0) is 19.8. The third-order valence-corrected chi connectivity index (χ3v) is 4.07. The molecule has 0 saturated carbocycles. The fourth-order valence-corrected chi connectivity index (χ4v) is 2.71. The number of halogens is 1. The molecular formula is C19H22ClN3O4. The zero-order valence-corrected chi connectivity index (χ0v) is 16.2. The van der Waals surface area contributed by atoms with Crippen LogP contribution in [0.15, 0.2) is 42.5 Å². The summed E-state index contributed by atoms with van der Waals surface area (Å²) >= 11 is 6.11. The maximum absolute atomic E-state index is 12.1. The number of carbonyl (C=O) groups excluding carboxylic acids is 2. The third kappa shape index (κ3) is 5.52. The molecular weight excluding hydrogens is 370 g/mol. The molecule has 3 amide bonds. The number of para-hydroxylation sites is 1. The van der Waals surface area contributed by atoms with Gasteiger partial charge in [0.25, 0.3) is 0 Å². The molecule has 0 saturated heterocycles. The van der Waals surface area contributed by atoms with Crippen LogP contribution in [-0.4, -0.2) is 39.2 Å². The maximum atomic E-state index is 12.1. The van der Waals surface area contributed by atoms with Crippen LogP contribution < -0.4 is 25.0 Å². The van der Waals surface area contributed by atoms with Gasteiger partial charge in [-0.05, 0) is 12.1 Å². The Hall–Kier alpha value is -2.93. The Balaban J connectivity index is 2.06. The van der Waals surface area contributed by atoms with Gasteiger partial charge in [-0.3, -0.25) is 4.79 Å². The summed E-state index contributed by atoms with van der Waals surface area (Å²) < 4.78 is 10.5. The van der Waals surface area contributed by atoms with Gasteiger partial charge < -0.3 is 25.0 Å². The van der Waals surface area contributed by atoms with Crippen molar-refractivity contribution in [3.05, 3.63) is 47.5 Å². The smallest absolute Gasteiger partial charge is 0.319 e. The molecule has 2 rings (SSSR count). The highest BCUT2D eigenvalue weighted by Crippen LogP contribution is 2.38. The second kappa shape index (κ2) is 9.68. The molecule has 7 nitrogen and oxygen atoms in total. The maximum Gasteiger partial charge on any atom is 0.319 e. The molecule has 2 aromatic rings. The molecule has 8 heteroatoms. The predicted octanol–water partition coefficient (Wildman–Crippen LogP) is 3.53. The molecule has 27 heavy (non-hydrogen) atoms. The van der Waals surface area contributed by atoms with Crippen LogP contribution in [0.25, 0.3) is 0 Å². The lowest BCUT2D eigenvalue weighted by atomic mass is 10.2. The summed E-state index contributed by atoms with van der Waals surface area (Å²) in [7, 11) is 2.98. The van der Waals surface area contributed by atoms with E-state index in [1.807, 2.05) is 18.2 Å². The molecule has 0 aliphatic rings. The number of anilines is 2. The number of hydrogen-bond acceptors (Lipinski definition) is 4. The summed E-state index contributed by atoms with van der Waals surface area (Å²) in [5.74, 6) is 0.654. The number of amides is 3. The standard InChI is InChI=1S/C19H22ClN3O4/c1-13(24)23(16-12-17(26-2)15(20)11-18(16)27-3)10-9-21-19(25)22-14-7-5-4-6-8-14/h4-8,11-12H,9-10H2,1-3H3,(H2,21,22,25). The largest absolute Gasteiger partial charge is 0.495 e. The number of ether oxygens (including phenoxy) is 2. The van der Waals surface area contributed by atoms with Gasteiger partial charge in [-0.25, -0.2) is 4.79 Å². The topological polar surface area (TPSA) is 79.9 Å². The van der Waals surface area contributed by atoms with Crippen LogP contribution in [0.4, 0.5) is 16.2 Å². The summed E-state index contributed by atoms with van der Waals surface area (Å²) in [6.07, 6.45) is 0. The molecule has 0 spiro atoms. The Morgan fingerprint density at radius 1 is 1.07 bits per heavy atom. The molecule has 0 aliphatic heterocycles. The van der Waals surface area contributed by atoms with Crippen LogP contribution in [0, 0.1) is 0 Å². The minimum Gasteiger partial charge on any atom is -0.495 e. The number of urea groups is 1. The highest BCUT2D eigenvalue weighted by Gasteiger charge is 2.19. The minimum atomic E-state index is -0.356. The molecule has 0 radical (unpaired) electrons. The van der Waals surface area contributed by atoms with Crippen molar-refractivity contribution >= 4 is 34.9 Å². The predicted molar refractivity (Wildman–Crippen MR) is 106 cm³/mol. The molecule has 0 unspecified atom stereocenters. The number of rotatable bonds is 7. The van der Waals surface area contributed by atoms with Crippen molar-refractivity contribution in [2.45, 2.75) is 6.92 Å². The number of hydrogen-bond donors (Lipinski definition) is 2. The van der Waals surface area contributed by atoms with E-state index in [-0.39, 0.29) is 25.0 Å². The van der Waals surface area contributed by atoms with E-state index in [0.717, 1.165) is 0 Å². The summed E-state index contributed by atoms with van der Waals surface area (Å²) in [4.78, 5) is 25.6. The Bertz CT molecular complexity index is 799. The Labute approximate surface area is 163 Å². The van der Waals surface area contributed by atoms with Gasteiger partial charge in [-0.2, -0.15) is 0 Å². The van der Waals surface area contributed by atoms with Crippen molar-refractivity contribution in [2.75, 3.05) is 37.5 Å². The Morgan fingerprint density at radius 2 is 1.74 bits per heavy atom. The van der Waals surface area contributed by atoms with E-state index in [4.69, 9.17) is 21.1 Å². The number of methoxy groups -OCH3 is 2. The summed E-state index contributed by atoms with van der Waals surface area (Å²) in [5.41, 5.74) is 1.19. The van der Waals surface area contributed by atoms with E-state index >= 15 is 0 Å². The van der Waals surface area contributed by atoms with Crippen LogP contribution in [-0.2, 0) is 4.79 Å². The first-order valence-corrected chi connectivity index (χ1v) is 8.63. The van der Waals surface area contributed by atoms with Crippen LogP contribution in [0.3, 0.4) is 0 Å². The molecule has 0 heterocycles. The molecule has 144 valence electrons. The Morgan fingerprint density at radius 3 is 2.33 bits per heavy atom. The Kier molecular flexibility index (Phi) is 7.31. The van der Waals surface area contributed by atoms with Crippen molar-refractivity contribution in [1.29, 1.82) is 0 Å². The van der Waals surface area contributed by atoms with Gasteiger partial charge in [0.1, 0.15) is 11.5 Å². The average molecular weight is 392 g/mol. The van der Waals surface area contributed by atoms with E-state index in [1.165, 1.54) is 26.0 Å². The van der Waals surface area contributed by atoms with E-state index < -0.39 is 0 Å². The zero-order valence-electron chi connectivity index (χ0n) is 15.4. The van der Waals surface area contributed by atoms with E-state index in [0.29, 0.717) is 27.9 Å². The summed E-state index contributed by atoms with van der Waals surface area (Å²) in [6.45, 7) is 1.93. The van der Waals surface area contributed by atoms with Gasteiger partial charge in [0.15, 0.2) is 0 Å². The highest BCUT2D eigenvalue weighted by atomic mass is 35.5. The van der Waals surface area contributed by atoms with Gasteiger partial charge in [-0.1, -0.05) is 29.8 Å². The normalized spacial score (nSPS) is 10.1. The van der Waals surface area contributed by atoms with E-state index in [1.54, 1.807) is 24.3 Å². The number of nitrogens with one attached hydrogen (secondary N) is 2. The van der Waals surface area contributed by atoms with Crippen molar-refractivity contribution in [3.63, 3.8) is 0 Å². The molecule has 0 aliphatic carbocycles. The lowest BCUT2D eigenvalue weighted by Gasteiger charge is -2.24. The van der Waals surface area contributed by atoms with Gasteiger partial charge in [0.2, 0.25) is 5.91 Å². The lowest BCUT2D eigenvalue weighted by molar-refractivity contribution is -0.116. The molecule has 0 aromatic heterocycles. The molecule has 2 aromatic carbocycles. The quantitative estimate of drug-likeness (QED) is 0.756. The molecule has 0 bridgehead atoms. The first-order chi connectivity index (χ1) is 13.0. The van der Waals surface area contributed by atoms with Crippen LogP contribution in [0.1, 0.15) is 6.92 Å². The molecule has 0 fully saturated rings. The average Bonchev–Trinajstić information content (AvgIpc) is 2.65. The second-order valence-electron chi connectivity index (χ2n) is 5.58. The second-order valence-corrected chi connectivity index (χ2v) is 5.98. The van der Waals surface area contributed by atoms with Crippen LogP contribution >= 0.6 is 11.6 Å². The van der Waals surface area contributed by atoms with Gasteiger partial charge >= 0.3 is 6.03 Å². The van der Waals surface area contributed by atoms with Crippen molar-refractivity contribution in [1.82, 2.24) is 5.32 Å². The van der Waals surface area contributed by atoms with Gasteiger partial charge in [-0.15, -0.1) is 0 Å². The van der Waals surface area contributed by atoms with E-state index in [2.05, 4.69) is 10.6 Å². The monoisotopic (exact) mass is 391 g/mol.